The Morgan fingerprint density at radius 1 is 0.966 bits per heavy atom. The van der Waals surface area contributed by atoms with Crippen molar-refractivity contribution in [3.8, 4) is 0 Å². The van der Waals surface area contributed by atoms with Crippen LogP contribution < -0.4 is 0 Å². The predicted octanol–water partition coefficient (Wildman–Crippen LogP) is 6.66. The summed E-state index contributed by atoms with van der Waals surface area (Å²) in [5, 5.41) is 18.9. The highest BCUT2D eigenvalue weighted by atomic mass is 16.3. The van der Waals surface area contributed by atoms with Gasteiger partial charge in [0.1, 0.15) is 5.76 Å². The molecule has 2 aromatic carbocycles. The van der Waals surface area contributed by atoms with Crippen molar-refractivity contribution < 1.29 is 10.2 Å². The van der Waals surface area contributed by atoms with E-state index in [0.29, 0.717) is 0 Å². The molecule has 0 amide bonds. The van der Waals surface area contributed by atoms with E-state index in [4.69, 9.17) is 0 Å². The van der Waals surface area contributed by atoms with Gasteiger partial charge in [-0.1, -0.05) is 82.8 Å². The number of aliphatic hydroxyl groups excluding tert-OH is 2. The summed E-state index contributed by atoms with van der Waals surface area (Å²) in [5.74, 6) is 0.0892. The Labute approximate surface area is 175 Å². The minimum Gasteiger partial charge on any atom is -0.508 e. The van der Waals surface area contributed by atoms with Gasteiger partial charge in [-0.3, -0.25) is 0 Å². The first kappa shape index (κ1) is 21.4. The van der Waals surface area contributed by atoms with Crippen molar-refractivity contribution in [1.82, 2.24) is 0 Å². The van der Waals surface area contributed by atoms with Crippen molar-refractivity contribution in [2.24, 2.45) is 0 Å². The Morgan fingerprint density at radius 3 is 2.10 bits per heavy atom. The number of aryl methyl sites for hydroxylation is 1. The van der Waals surface area contributed by atoms with Gasteiger partial charge >= 0.3 is 0 Å². The van der Waals surface area contributed by atoms with Crippen LogP contribution in [0.25, 0.3) is 17.9 Å². The maximum atomic E-state index is 9.51. The third-order valence-corrected chi connectivity index (χ3v) is 6.42. The zero-order chi connectivity index (χ0) is 21.2. The van der Waals surface area contributed by atoms with Crippen LogP contribution in [0.1, 0.15) is 80.3 Å². The monoisotopic (exact) mass is 390 g/mol. The molecule has 0 saturated carbocycles. The first-order valence-electron chi connectivity index (χ1n) is 10.6. The van der Waals surface area contributed by atoms with E-state index in [0.717, 1.165) is 24.0 Å². The quantitative estimate of drug-likeness (QED) is 0.428. The van der Waals surface area contributed by atoms with E-state index in [2.05, 4.69) is 58.6 Å². The van der Waals surface area contributed by atoms with Crippen molar-refractivity contribution in [1.29, 1.82) is 0 Å². The second-order valence-electron chi connectivity index (χ2n) is 9.59. The molecule has 0 unspecified atom stereocenters. The fourth-order valence-corrected chi connectivity index (χ4v) is 4.29. The van der Waals surface area contributed by atoms with Gasteiger partial charge in [0.05, 0.1) is 0 Å². The first-order valence-corrected chi connectivity index (χ1v) is 10.6. The van der Waals surface area contributed by atoms with Crippen LogP contribution in [0.15, 0.2) is 43.0 Å². The number of fused-ring (bicyclic) bond motifs is 1. The third kappa shape index (κ3) is 4.64. The molecule has 2 nitrogen and oxygen atoms in total. The highest BCUT2D eigenvalue weighted by Crippen LogP contribution is 2.46. The molecule has 0 radical (unpaired) electrons. The van der Waals surface area contributed by atoms with Crippen molar-refractivity contribution in [3.05, 3.63) is 76.4 Å². The SMILES string of the molecule is C=C(O)c1ccc(/C=C/c2cc3c(cc2CCCO)C(C)(C)CCC3(C)C)cc1. The fourth-order valence-electron chi connectivity index (χ4n) is 4.29. The van der Waals surface area contributed by atoms with Crippen LogP contribution in [0.4, 0.5) is 0 Å². The number of aliphatic hydroxyl groups is 2. The minimum absolute atomic E-state index is 0.0892. The van der Waals surface area contributed by atoms with Gasteiger partial charge in [0.25, 0.3) is 0 Å². The molecule has 29 heavy (non-hydrogen) atoms. The standard InChI is InChI=1S/C27H34O2/c1-19(29)21-11-8-20(9-12-21)10-13-23-18-25-24(17-22(23)7-6-16-28)26(2,3)14-15-27(25,4)5/h8-13,17-18,28-29H,1,6-7,14-16H2,2-5H3/b13-10+. The Kier molecular flexibility index (Phi) is 6.05. The van der Waals surface area contributed by atoms with Crippen molar-refractivity contribution in [2.45, 2.75) is 64.2 Å². The summed E-state index contributed by atoms with van der Waals surface area (Å²) in [5.41, 5.74) is 7.64. The second-order valence-corrected chi connectivity index (χ2v) is 9.59. The van der Waals surface area contributed by atoms with Gasteiger partial charge in [-0.2, -0.15) is 0 Å². The zero-order valence-electron chi connectivity index (χ0n) is 18.3. The topological polar surface area (TPSA) is 40.5 Å². The smallest absolute Gasteiger partial charge is 0.115 e. The first-order chi connectivity index (χ1) is 13.6. The molecule has 2 N–H and O–H groups in total. The summed E-state index contributed by atoms with van der Waals surface area (Å²) in [6, 6.07) is 12.5. The van der Waals surface area contributed by atoms with Crippen molar-refractivity contribution in [3.63, 3.8) is 0 Å². The van der Waals surface area contributed by atoms with Gasteiger partial charge in [-0.15, -0.1) is 0 Å². The van der Waals surface area contributed by atoms with Crippen molar-refractivity contribution in [2.75, 3.05) is 6.61 Å². The van der Waals surface area contributed by atoms with Gasteiger partial charge in [-0.25, -0.2) is 0 Å². The third-order valence-electron chi connectivity index (χ3n) is 6.42. The van der Waals surface area contributed by atoms with Crippen LogP contribution in [-0.4, -0.2) is 16.8 Å². The van der Waals surface area contributed by atoms with Gasteiger partial charge in [-0.05, 0) is 64.3 Å². The van der Waals surface area contributed by atoms with Crippen LogP contribution in [-0.2, 0) is 17.3 Å². The van der Waals surface area contributed by atoms with Crippen LogP contribution in [0.2, 0.25) is 0 Å². The van der Waals surface area contributed by atoms with Crippen LogP contribution in [0, 0.1) is 0 Å². The highest BCUT2D eigenvalue weighted by Gasteiger charge is 2.37. The molecule has 154 valence electrons. The molecule has 3 rings (SSSR count). The van der Waals surface area contributed by atoms with E-state index in [9.17, 15) is 10.2 Å². The molecule has 1 aliphatic rings. The van der Waals surface area contributed by atoms with Gasteiger partial charge < -0.3 is 10.2 Å². The summed E-state index contributed by atoms with van der Waals surface area (Å²) >= 11 is 0. The average Bonchev–Trinajstić information content (AvgIpc) is 2.68. The molecule has 2 heteroatoms. The molecule has 0 fully saturated rings. The van der Waals surface area contributed by atoms with Crippen LogP contribution >= 0.6 is 0 Å². The van der Waals surface area contributed by atoms with E-state index in [1.807, 2.05) is 24.3 Å². The number of hydrogen-bond donors (Lipinski definition) is 2. The predicted molar refractivity (Wildman–Crippen MR) is 124 cm³/mol. The number of rotatable bonds is 6. The van der Waals surface area contributed by atoms with E-state index in [1.165, 1.54) is 35.1 Å². The molecular formula is C27H34O2. The summed E-state index contributed by atoms with van der Waals surface area (Å²) in [6.07, 6.45) is 8.35. The maximum absolute atomic E-state index is 9.51. The number of hydrogen-bond acceptors (Lipinski definition) is 2. The summed E-state index contributed by atoms with van der Waals surface area (Å²) in [7, 11) is 0. The maximum Gasteiger partial charge on any atom is 0.115 e. The van der Waals surface area contributed by atoms with Crippen LogP contribution in [0.3, 0.4) is 0 Å². The van der Waals surface area contributed by atoms with Gasteiger partial charge in [0, 0.05) is 12.2 Å². The lowest BCUT2D eigenvalue weighted by molar-refractivity contribution is 0.288. The molecule has 0 aromatic heterocycles. The molecule has 2 aromatic rings. The van der Waals surface area contributed by atoms with Gasteiger partial charge in [0.2, 0.25) is 0 Å². The molecule has 0 heterocycles. The normalized spacial score (nSPS) is 17.3. The Hall–Kier alpha value is -2.32. The zero-order valence-corrected chi connectivity index (χ0v) is 18.3. The van der Waals surface area contributed by atoms with E-state index < -0.39 is 0 Å². The Bertz CT molecular complexity index is 914. The van der Waals surface area contributed by atoms with E-state index in [1.54, 1.807) is 0 Å². The molecule has 0 aliphatic heterocycles. The summed E-state index contributed by atoms with van der Waals surface area (Å²) in [6.45, 7) is 13.2. The molecule has 0 spiro atoms. The molecule has 0 atom stereocenters. The lowest BCUT2D eigenvalue weighted by Crippen LogP contribution is -2.34. The van der Waals surface area contributed by atoms with Crippen LogP contribution in [0.5, 0.6) is 0 Å². The Morgan fingerprint density at radius 2 is 1.55 bits per heavy atom. The Balaban J connectivity index is 2.03. The highest BCUT2D eigenvalue weighted by molar-refractivity contribution is 5.73. The number of benzene rings is 2. The second kappa shape index (κ2) is 8.20. The van der Waals surface area contributed by atoms with Crippen molar-refractivity contribution >= 4 is 17.9 Å². The van der Waals surface area contributed by atoms with E-state index in [-0.39, 0.29) is 23.2 Å². The molecular weight excluding hydrogens is 356 g/mol. The van der Waals surface area contributed by atoms with E-state index >= 15 is 0 Å². The lowest BCUT2D eigenvalue weighted by Gasteiger charge is -2.42. The summed E-state index contributed by atoms with van der Waals surface area (Å²) in [4.78, 5) is 0. The largest absolute Gasteiger partial charge is 0.508 e. The van der Waals surface area contributed by atoms with Gasteiger partial charge in [0.15, 0.2) is 0 Å². The fraction of sp³-hybridized carbons (Fsp3) is 0.407. The molecule has 0 bridgehead atoms. The minimum atomic E-state index is 0.0892. The molecule has 1 aliphatic carbocycles. The lowest BCUT2D eigenvalue weighted by atomic mass is 9.62. The molecule has 0 saturated heterocycles. The average molecular weight is 391 g/mol. The summed E-state index contributed by atoms with van der Waals surface area (Å²) < 4.78 is 0.